The van der Waals surface area contributed by atoms with E-state index in [1.54, 1.807) is 26.8 Å². The van der Waals surface area contributed by atoms with Crippen molar-refractivity contribution in [3.63, 3.8) is 0 Å². The van der Waals surface area contributed by atoms with E-state index in [2.05, 4.69) is 0 Å². The maximum atomic E-state index is 12.6. The quantitative estimate of drug-likeness (QED) is 0.829. The standard InChI is InChI=1S/C13H21NO4S/c1-13(2,3)19(17,18)14-8-9-6-10(16)7-11(9)12(14)4-5-15/h7,9,12,15H,4-6,8H2,1-3H3/t9-,12+/m1/s1. The summed E-state index contributed by atoms with van der Waals surface area (Å²) in [7, 11) is -3.44. The van der Waals surface area contributed by atoms with Crippen LogP contribution in [0.5, 0.6) is 0 Å². The monoisotopic (exact) mass is 287 g/mol. The fourth-order valence-corrected chi connectivity index (χ4v) is 4.46. The number of hydrogen-bond acceptors (Lipinski definition) is 4. The highest BCUT2D eigenvalue weighted by atomic mass is 32.2. The Bertz CT molecular complexity index is 515. The van der Waals surface area contributed by atoms with Crippen molar-refractivity contribution in [3.8, 4) is 0 Å². The minimum atomic E-state index is -3.44. The van der Waals surface area contributed by atoms with E-state index in [9.17, 15) is 13.2 Å². The first-order chi connectivity index (χ1) is 8.68. The Morgan fingerprint density at radius 2 is 2.05 bits per heavy atom. The number of rotatable bonds is 3. The summed E-state index contributed by atoms with van der Waals surface area (Å²) in [5, 5.41) is 9.17. The number of sulfonamides is 1. The number of carbonyl (C=O) groups is 1. The zero-order chi connectivity index (χ0) is 14.4. The summed E-state index contributed by atoms with van der Waals surface area (Å²) < 4.78 is 25.8. The van der Waals surface area contributed by atoms with Crippen molar-refractivity contribution in [1.29, 1.82) is 0 Å². The molecule has 1 fully saturated rings. The summed E-state index contributed by atoms with van der Waals surface area (Å²) in [5.74, 6) is 0.0666. The molecule has 0 saturated carbocycles. The van der Waals surface area contributed by atoms with E-state index >= 15 is 0 Å². The van der Waals surface area contributed by atoms with Crippen LogP contribution in [0.2, 0.25) is 0 Å². The lowest BCUT2D eigenvalue weighted by atomic mass is 10.00. The molecular weight excluding hydrogens is 266 g/mol. The van der Waals surface area contributed by atoms with E-state index < -0.39 is 14.8 Å². The Hall–Kier alpha value is -0.720. The van der Waals surface area contributed by atoms with Crippen LogP contribution in [0, 0.1) is 5.92 Å². The Kier molecular flexibility index (Phi) is 3.62. The van der Waals surface area contributed by atoms with Gasteiger partial charge in [-0.3, -0.25) is 4.79 Å². The summed E-state index contributed by atoms with van der Waals surface area (Å²) >= 11 is 0. The first-order valence-corrected chi connectivity index (χ1v) is 7.99. The van der Waals surface area contributed by atoms with E-state index in [1.807, 2.05) is 0 Å². The Morgan fingerprint density at radius 1 is 1.42 bits per heavy atom. The van der Waals surface area contributed by atoms with Crippen molar-refractivity contribution in [3.05, 3.63) is 11.6 Å². The van der Waals surface area contributed by atoms with E-state index in [0.717, 1.165) is 5.57 Å². The molecule has 0 radical (unpaired) electrons. The second kappa shape index (κ2) is 4.68. The van der Waals surface area contributed by atoms with E-state index in [4.69, 9.17) is 5.11 Å². The number of aliphatic hydroxyl groups is 1. The summed E-state index contributed by atoms with van der Waals surface area (Å²) in [4.78, 5) is 11.5. The third-order valence-corrected chi connectivity index (χ3v) is 6.43. The maximum absolute atomic E-state index is 12.6. The van der Waals surface area contributed by atoms with Gasteiger partial charge in [-0.2, -0.15) is 4.31 Å². The van der Waals surface area contributed by atoms with Crippen molar-refractivity contribution in [2.45, 2.75) is 44.4 Å². The molecular formula is C13H21NO4S. The highest BCUT2D eigenvalue weighted by Gasteiger charge is 2.48. The van der Waals surface area contributed by atoms with Gasteiger partial charge in [-0.05, 0) is 38.8 Å². The molecule has 0 bridgehead atoms. The van der Waals surface area contributed by atoms with Gasteiger partial charge in [-0.1, -0.05) is 0 Å². The molecule has 1 heterocycles. The van der Waals surface area contributed by atoms with Crippen LogP contribution in [-0.4, -0.2) is 47.6 Å². The lowest BCUT2D eigenvalue weighted by molar-refractivity contribution is -0.114. The SMILES string of the molecule is CC(C)(C)S(=O)(=O)N1C[C@H]2CC(=O)C=C2[C@@H]1CCO. The number of hydrogen-bond donors (Lipinski definition) is 1. The van der Waals surface area contributed by atoms with Crippen molar-refractivity contribution in [2.24, 2.45) is 5.92 Å². The van der Waals surface area contributed by atoms with Gasteiger partial charge in [0.05, 0.1) is 4.75 Å². The topological polar surface area (TPSA) is 74.7 Å². The van der Waals surface area contributed by atoms with Gasteiger partial charge in [-0.15, -0.1) is 0 Å². The fraction of sp³-hybridized carbons (Fsp3) is 0.769. The molecule has 0 amide bonds. The molecule has 6 heteroatoms. The highest BCUT2D eigenvalue weighted by Crippen LogP contribution is 2.41. The van der Waals surface area contributed by atoms with Crippen LogP contribution in [0.1, 0.15) is 33.6 Å². The average molecular weight is 287 g/mol. The molecule has 0 aromatic heterocycles. The van der Waals surface area contributed by atoms with Crippen LogP contribution in [0.25, 0.3) is 0 Å². The first kappa shape index (κ1) is 14.7. The summed E-state index contributed by atoms with van der Waals surface area (Å²) in [6, 6.07) is -0.356. The molecule has 1 N–H and O–H groups in total. The third kappa shape index (κ3) is 2.37. The molecule has 19 heavy (non-hydrogen) atoms. The van der Waals surface area contributed by atoms with Crippen molar-refractivity contribution < 1.29 is 18.3 Å². The second-order valence-corrected chi connectivity index (χ2v) is 8.87. The first-order valence-electron chi connectivity index (χ1n) is 6.55. The van der Waals surface area contributed by atoms with Crippen molar-refractivity contribution in [2.75, 3.05) is 13.2 Å². The van der Waals surface area contributed by atoms with Gasteiger partial charge in [0.25, 0.3) is 0 Å². The molecule has 1 aliphatic carbocycles. The van der Waals surface area contributed by atoms with E-state index in [1.165, 1.54) is 4.31 Å². The van der Waals surface area contributed by atoms with Gasteiger partial charge < -0.3 is 5.11 Å². The molecule has 1 saturated heterocycles. The summed E-state index contributed by atoms with van der Waals surface area (Å²) in [5.41, 5.74) is 0.881. The van der Waals surface area contributed by atoms with Crippen LogP contribution < -0.4 is 0 Å². The Balaban J connectivity index is 2.38. The zero-order valence-electron chi connectivity index (χ0n) is 11.6. The van der Waals surface area contributed by atoms with Crippen molar-refractivity contribution >= 4 is 15.8 Å². The molecule has 5 nitrogen and oxygen atoms in total. The Morgan fingerprint density at radius 3 is 2.58 bits per heavy atom. The van der Waals surface area contributed by atoms with Gasteiger partial charge >= 0.3 is 0 Å². The lowest BCUT2D eigenvalue weighted by Gasteiger charge is -2.31. The van der Waals surface area contributed by atoms with Gasteiger partial charge in [-0.25, -0.2) is 8.42 Å². The number of allylic oxidation sites excluding steroid dienone is 1. The Labute approximate surface area is 114 Å². The number of carbonyl (C=O) groups excluding carboxylic acids is 1. The largest absolute Gasteiger partial charge is 0.396 e. The molecule has 2 rings (SSSR count). The number of fused-ring (bicyclic) bond motifs is 1. The van der Waals surface area contributed by atoms with Crippen LogP contribution in [0.4, 0.5) is 0 Å². The fourth-order valence-electron chi connectivity index (χ4n) is 2.82. The second-order valence-electron chi connectivity index (χ2n) is 6.23. The lowest BCUT2D eigenvalue weighted by Crippen LogP contribution is -2.46. The van der Waals surface area contributed by atoms with Crippen LogP contribution >= 0.6 is 0 Å². The maximum Gasteiger partial charge on any atom is 0.219 e. The predicted molar refractivity (Wildman–Crippen MR) is 72.1 cm³/mol. The molecule has 108 valence electrons. The minimum Gasteiger partial charge on any atom is -0.396 e. The van der Waals surface area contributed by atoms with Gasteiger partial charge in [0.1, 0.15) is 0 Å². The van der Waals surface area contributed by atoms with Gasteiger partial charge in [0.2, 0.25) is 10.0 Å². The van der Waals surface area contributed by atoms with E-state index in [-0.39, 0.29) is 24.3 Å². The highest BCUT2D eigenvalue weighted by molar-refractivity contribution is 7.90. The molecule has 0 aromatic rings. The molecule has 0 spiro atoms. The zero-order valence-corrected chi connectivity index (χ0v) is 12.4. The smallest absolute Gasteiger partial charge is 0.219 e. The van der Waals surface area contributed by atoms with Gasteiger partial charge in [0, 0.05) is 31.5 Å². The molecule has 0 aromatic carbocycles. The van der Waals surface area contributed by atoms with Crippen LogP contribution in [-0.2, 0) is 14.8 Å². The van der Waals surface area contributed by atoms with E-state index in [0.29, 0.717) is 19.4 Å². The summed E-state index contributed by atoms with van der Waals surface area (Å²) in [6.45, 7) is 5.30. The average Bonchev–Trinajstić information content (AvgIpc) is 2.75. The van der Waals surface area contributed by atoms with Crippen LogP contribution in [0.3, 0.4) is 0 Å². The number of aliphatic hydroxyl groups excluding tert-OH is 1. The molecule has 0 unspecified atom stereocenters. The minimum absolute atomic E-state index is 0.00109. The molecule has 1 aliphatic heterocycles. The normalized spacial score (nSPS) is 28.6. The summed E-state index contributed by atoms with van der Waals surface area (Å²) in [6.07, 6.45) is 2.32. The third-order valence-electron chi connectivity index (χ3n) is 3.86. The number of nitrogens with zero attached hydrogens (tertiary/aromatic N) is 1. The van der Waals surface area contributed by atoms with Crippen molar-refractivity contribution in [1.82, 2.24) is 4.31 Å². The van der Waals surface area contributed by atoms with Crippen LogP contribution in [0.15, 0.2) is 11.6 Å². The molecule has 2 aliphatic rings. The predicted octanol–water partition coefficient (Wildman–Crippen LogP) is 0.697. The number of ketones is 1. The molecule has 2 atom stereocenters. The van der Waals surface area contributed by atoms with Gasteiger partial charge in [0.15, 0.2) is 5.78 Å².